The van der Waals surface area contributed by atoms with Crippen molar-refractivity contribution in [3.8, 4) is 0 Å². The molecule has 0 radical (unpaired) electrons. The first kappa shape index (κ1) is 11.7. The van der Waals surface area contributed by atoms with Crippen molar-refractivity contribution in [2.75, 3.05) is 19.0 Å². The van der Waals surface area contributed by atoms with Gasteiger partial charge in [0.1, 0.15) is 5.82 Å². The number of rotatable bonds is 3. The van der Waals surface area contributed by atoms with Gasteiger partial charge in [0.25, 0.3) is 0 Å². The Morgan fingerprint density at radius 1 is 1.24 bits per heavy atom. The molecule has 0 unspecified atom stereocenters. The quantitative estimate of drug-likeness (QED) is 0.827. The van der Waals surface area contributed by atoms with Crippen LogP contribution in [0.1, 0.15) is 11.4 Å². The molecule has 0 aromatic carbocycles. The number of halogens is 1. The Hall–Kier alpha value is -1.75. The first-order valence-corrected chi connectivity index (χ1v) is 5.49. The van der Waals surface area contributed by atoms with Crippen molar-refractivity contribution >= 4 is 17.5 Å². The van der Waals surface area contributed by atoms with Crippen LogP contribution in [0.5, 0.6) is 0 Å². The molecule has 0 atom stereocenters. The van der Waals surface area contributed by atoms with Crippen LogP contribution >= 0.6 is 11.6 Å². The minimum Gasteiger partial charge on any atom is -0.347 e. The highest BCUT2D eigenvalue weighted by Gasteiger charge is 2.07. The molecule has 2 heterocycles. The smallest absolute Gasteiger partial charge is 0.229 e. The van der Waals surface area contributed by atoms with Crippen molar-refractivity contribution in [2.45, 2.75) is 6.42 Å². The van der Waals surface area contributed by atoms with Crippen LogP contribution in [-0.4, -0.2) is 34.0 Å². The summed E-state index contributed by atoms with van der Waals surface area (Å²) in [7, 11) is 3.72. The van der Waals surface area contributed by atoms with E-state index in [1.807, 2.05) is 26.2 Å². The van der Waals surface area contributed by atoms with Gasteiger partial charge in [0.2, 0.25) is 11.2 Å². The van der Waals surface area contributed by atoms with E-state index in [2.05, 4.69) is 19.9 Å². The molecular formula is C11H12ClN5. The van der Waals surface area contributed by atoms with Gasteiger partial charge in [-0.15, -0.1) is 0 Å². The van der Waals surface area contributed by atoms with Gasteiger partial charge in [-0.05, 0) is 23.2 Å². The standard InChI is InChI=1S/C11H12ClN5/c1-17(2)11-15-9(14-10(12)16-11)6-8-4-3-5-13-7-8/h3-5,7H,6H2,1-2H3. The highest BCUT2D eigenvalue weighted by molar-refractivity contribution is 6.28. The molecule has 0 aliphatic heterocycles. The Morgan fingerprint density at radius 2 is 2.06 bits per heavy atom. The maximum atomic E-state index is 5.86. The van der Waals surface area contributed by atoms with Crippen LogP contribution in [0.3, 0.4) is 0 Å². The molecule has 5 nitrogen and oxygen atoms in total. The average Bonchev–Trinajstić information content (AvgIpc) is 2.29. The molecule has 0 aliphatic rings. The summed E-state index contributed by atoms with van der Waals surface area (Å²) in [6.45, 7) is 0. The topological polar surface area (TPSA) is 54.8 Å². The number of aromatic nitrogens is 4. The predicted octanol–water partition coefficient (Wildman–Crippen LogP) is 1.58. The van der Waals surface area contributed by atoms with Gasteiger partial charge in [0, 0.05) is 32.9 Å². The normalized spacial score (nSPS) is 10.3. The molecule has 17 heavy (non-hydrogen) atoms. The summed E-state index contributed by atoms with van der Waals surface area (Å²) in [6, 6.07) is 3.85. The van der Waals surface area contributed by atoms with E-state index < -0.39 is 0 Å². The lowest BCUT2D eigenvalue weighted by atomic mass is 10.2. The highest BCUT2D eigenvalue weighted by Crippen LogP contribution is 2.11. The second kappa shape index (κ2) is 5.05. The molecule has 0 bridgehead atoms. The fraction of sp³-hybridized carbons (Fsp3) is 0.273. The van der Waals surface area contributed by atoms with Crippen molar-refractivity contribution in [3.63, 3.8) is 0 Å². The van der Waals surface area contributed by atoms with Crippen LogP contribution in [0.4, 0.5) is 5.95 Å². The zero-order valence-electron chi connectivity index (χ0n) is 9.63. The van der Waals surface area contributed by atoms with E-state index in [4.69, 9.17) is 11.6 Å². The lowest BCUT2D eigenvalue weighted by molar-refractivity contribution is 0.881. The lowest BCUT2D eigenvalue weighted by Gasteiger charge is -2.10. The van der Waals surface area contributed by atoms with Crippen molar-refractivity contribution in [1.29, 1.82) is 0 Å². The minimum atomic E-state index is 0.211. The first-order chi connectivity index (χ1) is 8.15. The third kappa shape index (κ3) is 3.10. The summed E-state index contributed by atoms with van der Waals surface area (Å²) >= 11 is 5.86. The van der Waals surface area contributed by atoms with Crippen LogP contribution in [0.2, 0.25) is 5.28 Å². The van der Waals surface area contributed by atoms with Crippen LogP contribution < -0.4 is 4.90 Å². The lowest BCUT2D eigenvalue weighted by Crippen LogP contribution is -2.15. The van der Waals surface area contributed by atoms with E-state index in [-0.39, 0.29) is 5.28 Å². The molecule has 2 aromatic rings. The summed E-state index contributed by atoms with van der Waals surface area (Å²) < 4.78 is 0. The molecule has 0 aliphatic carbocycles. The van der Waals surface area contributed by atoms with Crippen LogP contribution in [0.25, 0.3) is 0 Å². The summed E-state index contributed by atoms with van der Waals surface area (Å²) in [5.41, 5.74) is 1.04. The SMILES string of the molecule is CN(C)c1nc(Cl)nc(Cc2cccnc2)n1. The molecule has 0 fully saturated rings. The van der Waals surface area contributed by atoms with Gasteiger partial charge >= 0.3 is 0 Å². The molecular weight excluding hydrogens is 238 g/mol. The molecule has 2 rings (SSSR count). The Labute approximate surface area is 105 Å². The van der Waals surface area contributed by atoms with E-state index in [0.29, 0.717) is 18.2 Å². The molecule has 6 heteroatoms. The zero-order valence-corrected chi connectivity index (χ0v) is 10.4. The number of nitrogens with zero attached hydrogens (tertiary/aromatic N) is 5. The molecule has 88 valence electrons. The molecule has 0 spiro atoms. The maximum absolute atomic E-state index is 5.86. The van der Waals surface area contributed by atoms with E-state index in [1.54, 1.807) is 17.3 Å². The largest absolute Gasteiger partial charge is 0.347 e. The molecule has 0 amide bonds. The van der Waals surface area contributed by atoms with Crippen molar-refractivity contribution in [2.24, 2.45) is 0 Å². The van der Waals surface area contributed by atoms with Gasteiger partial charge < -0.3 is 4.90 Å². The Kier molecular flexibility index (Phi) is 3.49. The third-order valence-corrected chi connectivity index (χ3v) is 2.30. The van der Waals surface area contributed by atoms with Crippen molar-refractivity contribution < 1.29 is 0 Å². The van der Waals surface area contributed by atoms with Crippen molar-refractivity contribution in [3.05, 3.63) is 41.2 Å². The van der Waals surface area contributed by atoms with Gasteiger partial charge in [0.15, 0.2) is 0 Å². The summed E-state index contributed by atoms with van der Waals surface area (Å²) in [4.78, 5) is 18.3. The van der Waals surface area contributed by atoms with E-state index in [1.165, 1.54) is 0 Å². The zero-order chi connectivity index (χ0) is 12.3. The Morgan fingerprint density at radius 3 is 2.71 bits per heavy atom. The predicted molar refractivity (Wildman–Crippen MR) is 66.2 cm³/mol. The van der Waals surface area contributed by atoms with Crippen LogP contribution in [-0.2, 0) is 6.42 Å². The van der Waals surface area contributed by atoms with Gasteiger partial charge in [-0.25, -0.2) is 4.98 Å². The third-order valence-electron chi connectivity index (χ3n) is 2.13. The van der Waals surface area contributed by atoms with E-state index >= 15 is 0 Å². The Bertz CT molecular complexity index is 500. The minimum absolute atomic E-state index is 0.211. The van der Waals surface area contributed by atoms with Gasteiger partial charge in [-0.3, -0.25) is 4.98 Å². The number of hydrogen-bond donors (Lipinski definition) is 0. The molecule has 0 saturated carbocycles. The summed E-state index contributed by atoms with van der Waals surface area (Å²) in [5, 5.41) is 0.211. The van der Waals surface area contributed by atoms with Crippen molar-refractivity contribution in [1.82, 2.24) is 19.9 Å². The van der Waals surface area contributed by atoms with Crippen LogP contribution in [0.15, 0.2) is 24.5 Å². The van der Waals surface area contributed by atoms with Crippen LogP contribution in [0, 0.1) is 0 Å². The fourth-order valence-corrected chi connectivity index (χ4v) is 1.52. The second-order valence-electron chi connectivity index (χ2n) is 3.75. The maximum Gasteiger partial charge on any atom is 0.229 e. The monoisotopic (exact) mass is 249 g/mol. The van der Waals surface area contributed by atoms with E-state index in [0.717, 1.165) is 5.56 Å². The average molecular weight is 250 g/mol. The molecule has 0 saturated heterocycles. The van der Waals surface area contributed by atoms with E-state index in [9.17, 15) is 0 Å². The molecule has 0 N–H and O–H groups in total. The molecule has 2 aromatic heterocycles. The van der Waals surface area contributed by atoms with Gasteiger partial charge in [-0.2, -0.15) is 9.97 Å². The van der Waals surface area contributed by atoms with Gasteiger partial charge in [0.05, 0.1) is 0 Å². The number of pyridine rings is 1. The number of hydrogen-bond acceptors (Lipinski definition) is 5. The summed E-state index contributed by atoms with van der Waals surface area (Å²) in [6.07, 6.45) is 4.11. The summed E-state index contributed by atoms with van der Waals surface area (Å²) in [5.74, 6) is 1.20. The van der Waals surface area contributed by atoms with Gasteiger partial charge in [-0.1, -0.05) is 6.07 Å². The Balaban J connectivity index is 2.27. The fourth-order valence-electron chi connectivity index (χ4n) is 1.34. The second-order valence-corrected chi connectivity index (χ2v) is 4.09. The first-order valence-electron chi connectivity index (χ1n) is 5.12. The number of anilines is 1. The highest BCUT2D eigenvalue weighted by atomic mass is 35.5.